The van der Waals surface area contributed by atoms with E-state index in [9.17, 15) is 0 Å². The van der Waals surface area contributed by atoms with Crippen LogP contribution in [0.15, 0.2) is 42.7 Å². The molecule has 0 amide bonds. The molecule has 0 saturated heterocycles. The van der Waals surface area contributed by atoms with E-state index in [1.165, 1.54) is 39.2 Å². The predicted octanol–water partition coefficient (Wildman–Crippen LogP) is 3.25. The van der Waals surface area contributed by atoms with Crippen LogP contribution in [-0.2, 0) is 5.41 Å². The molecule has 25 heavy (non-hydrogen) atoms. The number of amidine groups is 1. The lowest BCUT2D eigenvalue weighted by Crippen LogP contribution is -2.47. The number of pyridine rings is 1. The van der Waals surface area contributed by atoms with E-state index in [0.29, 0.717) is 0 Å². The second-order valence-electron chi connectivity index (χ2n) is 8.12. The molecular formula is C22H22N3+. The molecule has 3 nitrogen and oxygen atoms in total. The second kappa shape index (κ2) is 4.16. The van der Waals surface area contributed by atoms with Gasteiger partial charge in [-0.05, 0) is 54.3 Å². The lowest BCUT2D eigenvalue weighted by molar-refractivity contribution is -0.486. The number of likely N-dealkylation sites (N-methyl/N-ethyl adjacent to an activating group) is 1. The molecule has 0 radical (unpaired) electrons. The maximum absolute atomic E-state index is 2.61. The van der Waals surface area contributed by atoms with Crippen LogP contribution in [0.3, 0.4) is 0 Å². The van der Waals surface area contributed by atoms with Crippen LogP contribution in [0.1, 0.15) is 29.2 Å². The van der Waals surface area contributed by atoms with Gasteiger partial charge in [-0.25, -0.2) is 0 Å². The third-order valence-electron chi connectivity index (χ3n) is 6.61. The fraction of sp³-hybridized carbons (Fsp3) is 0.318. The molecule has 124 valence electrons. The number of rotatable bonds is 0. The van der Waals surface area contributed by atoms with E-state index in [0.717, 1.165) is 19.6 Å². The van der Waals surface area contributed by atoms with Crippen molar-refractivity contribution >= 4 is 11.4 Å². The lowest BCUT2D eigenvalue weighted by atomic mass is 9.74. The van der Waals surface area contributed by atoms with Crippen molar-refractivity contribution in [2.75, 3.05) is 26.7 Å². The van der Waals surface area contributed by atoms with E-state index in [1.807, 2.05) is 0 Å². The van der Waals surface area contributed by atoms with Gasteiger partial charge in [0, 0.05) is 23.5 Å². The summed E-state index contributed by atoms with van der Waals surface area (Å²) in [5, 5.41) is 0. The van der Waals surface area contributed by atoms with Gasteiger partial charge in [0.15, 0.2) is 0 Å². The molecule has 1 unspecified atom stereocenters. The van der Waals surface area contributed by atoms with Crippen LogP contribution < -0.4 is 0 Å². The zero-order valence-corrected chi connectivity index (χ0v) is 15.0. The number of benzene rings is 1. The van der Waals surface area contributed by atoms with Crippen LogP contribution in [-0.4, -0.2) is 46.4 Å². The Bertz CT molecular complexity index is 1120. The van der Waals surface area contributed by atoms with Crippen molar-refractivity contribution in [2.24, 2.45) is 0 Å². The first-order chi connectivity index (χ1) is 12.1. The Labute approximate surface area is 147 Å². The topological polar surface area (TPSA) is 10.7 Å². The Hall–Kier alpha value is -2.55. The summed E-state index contributed by atoms with van der Waals surface area (Å²) >= 11 is 0. The van der Waals surface area contributed by atoms with Crippen molar-refractivity contribution in [2.45, 2.75) is 19.3 Å². The minimum Gasteiger partial charge on any atom is -0.323 e. The SMILES string of the molecule is Cc1ccc2c3c1C1=[N+](C)CCN1CC3(C)c1cc3cccn3cc1-2. The maximum Gasteiger partial charge on any atom is 0.279 e. The predicted molar refractivity (Wildman–Crippen MR) is 101 cm³/mol. The summed E-state index contributed by atoms with van der Waals surface area (Å²) in [7, 11) is 2.24. The van der Waals surface area contributed by atoms with E-state index in [2.05, 4.69) is 77.5 Å². The summed E-state index contributed by atoms with van der Waals surface area (Å²) < 4.78 is 4.70. The molecule has 4 heterocycles. The second-order valence-corrected chi connectivity index (χ2v) is 8.12. The first-order valence-electron chi connectivity index (χ1n) is 9.17. The quantitative estimate of drug-likeness (QED) is 0.576. The fourth-order valence-electron chi connectivity index (χ4n) is 5.45. The molecule has 3 heteroatoms. The highest BCUT2D eigenvalue weighted by molar-refractivity contribution is 6.04. The molecule has 6 rings (SSSR count). The molecule has 2 aromatic heterocycles. The van der Waals surface area contributed by atoms with Gasteiger partial charge in [-0.15, -0.1) is 0 Å². The normalized spacial score (nSPS) is 23.2. The van der Waals surface area contributed by atoms with Crippen molar-refractivity contribution in [1.82, 2.24) is 9.30 Å². The molecule has 1 aliphatic carbocycles. The highest BCUT2D eigenvalue weighted by atomic mass is 15.3. The monoisotopic (exact) mass is 328 g/mol. The molecule has 1 aromatic carbocycles. The van der Waals surface area contributed by atoms with Crippen LogP contribution in [0.4, 0.5) is 0 Å². The largest absolute Gasteiger partial charge is 0.323 e. The molecule has 2 aliphatic heterocycles. The van der Waals surface area contributed by atoms with Crippen molar-refractivity contribution in [3.63, 3.8) is 0 Å². The molecule has 3 aliphatic rings. The van der Waals surface area contributed by atoms with Gasteiger partial charge >= 0.3 is 0 Å². The molecule has 1 atom stereocenters. The van der Waals surface area contributed by atoms with E-state index in [1.54, 1.807) is 5.56 Å². The molecule has 0 spiro atoms. The lowest BCUT2D eigenvalue weighted by Gasteiger charge is -2.36. The third kappa shape index (κ3) is 1.46. The summed E-state index contributed by atoms with van der Waals surface area (Å²) in [6.07, 6.45) is 4.49. The average Bonchev–Trinajstić information content (AvgIpc) is 3.25. The van der Waals surface area contributed by atoms with Gasteiger partial charge in [0.2, 0.25) is 0 Å². The summed E-state index contributed by atoms with van der Waals surface area (Å²) in [5.74, 6) is 1.44. The standard InChI is InChI=1S/C22H22N3/c1-14-6-7-16-17-12-24-8-4-5-15(24)11-18(17)22(2)13-25-10-9-23(3)21(25)19(14)20(16)22/h4-8,11-12H,9-10,13H2,1-3H3/q+1. The Morgan fingerprint density at radius 1 is 1.16 bits per heavy atom. The average molecular weight is 328 g/mol. The first-order valence-corrected chi connectivity index (χ1v) is 9.17. The molecule has 0 saturated carbocycles. The number of nitrogens with zero attached hydrogens (tertiary/aromatic N) is 3. The summed E-state index contributed by atoms with van der Waals surface area (Å²) in [6, 6.07) is 11.4. The van der Waals surface area contributed by atoms with Gasteiger partial charge in [-0.3, -0.25) is 9.48 Å². The smallest absolute Gasteiger partial charge is 0.279 e. The molecule has 0 bridgehead atoms. The Morgan fingerprint density at radius 3 is 2.92 bits per heavy atom. The number of aromatic nitrogens is 1. The van der Waals surface area contributed by atoms with Gasteiger partial charge in [-0.2, -0.15) is 0 Å². The van der Waals surface area contributed by atoms with Gasteiger partial charge in [0.1, 0.15) is 13.1 Å². The van der Waals surface area contributed by atoms with Crippen LogP contribution in [0.5, 0.6) is 0 Å². The first kappa shape index (κ1) is 13.7. The van der Waals surface area contributed by atoms with Crippen LogP contribution in [0.25, 0.3) is 16.6 Å². The van der Waals surface area contributed by atoms with Crippen molar-refractivity contribution in [3.8, 4) is 11.1 Å². The van der Waals surface area contributed by atoms with Gasteiger partial charge < -0.3 is 4.40 Å². The van der Waals surface area contributed by atoms with Crippen molar-refractivity contribution in [1.29, 1.82) is 0 Å². The van der Waals surface area contributed by atoms with E-state index >= 15 is 0 Å². The zero-order valence-electron chi connectivity index (χ0n) is 15.0. The molecule has 0 fully saturated rings. The highest BCUT2D eigenvalue weighted by Crippen LogP contribution is 2.53. The molecule has 0 N–H and O–H groups in total. The summed E-state index contributed by atoms with van der Waals surface area (Å²) in [4.78, 5) is 2.61. The van der Waals surface area contributed by atoms with E-state index in [4.69, 9.17) is 0 Å². The van der Waals surface area contributed by atoms with Crippen molar-refractivity contribution in [3.05, 3.63) is 65.0 Å². The minimum atomic E-state index is 0.0761. The number of fused-ring (bicyclic) bond motifs is 6. The van der Waals surface area contributed by atoms with Gasteiger partial charge in [0.25, 0.3) is 5.84 Å². The number of hydrogen-bond donors (Lipinski definition) is 0. The third-order valence-corrected chi connectivity index (χ3v) is 6.61. The Balaban J connectivity index is 1.78. The minimum absolute atomic E-state index is 0.0761. The fourth-order valence-corrected chi connectivity index (χ4v) is 5.45. The van der Waals surface area contributed by atoms with E-state index in [-0.39, 0.29) is 5.41 Å². The van der Waals surface area contributed by atoms with Crippen LogP contribution in [0, 0.1) is 6.92 Å². The van der Waals surface area contributed by atoms with E-state index < -0.39 is 0 Å². The summed E-state index contributed by atoms with van der Waals surface area (Å²) in [6.45, 7) is 8.06. The summed E-state index contributed by atoms with van der Waals surface area (Å²) in [5.41, 5.74) is 10.1. The Kier molecular flexibility index (Phi) is 2.28. The number of hydrogen-bond acceptors (Lipinski definition) is 1. The maximum atomic E-state index is 2.61. The van der Waals surface area contributed by atoms with Crippen LogP contribution >= 0.6 is 0 Å². The van der Waals surface area contributed by atoms with Gasteiger partial charge in [-0.1, -0.05) is 12.1 Å². The van der Waals surface area contributed by atoms with Crippen molar-refractivity contribution < 1.29 is 4.58 Å². The molecule has 3 aromatic rings. The number of aryl methyl sites for hydroxylation is 1. The van der Waals surface area contributed by atoms with Gasteiger partial charge in [0.05, 0.1) is 24.6 Å². The van der Waals surface area contributed by atoms with Crippen LogP contribution in [0.2, 0.25) is 0 Å². The zero-order chi connectivity index (χ0) is 16.9. The molecular weight excluding hydrogens is 306 g/mol. The Morgan fingerprint density at radius 2 is 2.04 bits per heavy atom. The highest BCUT2D eigenvalue weighted by Gasteiger charge is 2.52.